The molecule has 0 spiro atoms. The first kappa shape index (κ1) is 20.2. The molecule has 2 aromatic heterocycles. The van der Waals surface area contributed by atoms with Gasteiger partial charge in [-0.3, -0.25) is 13.6 Å². The largest absolute Gasteiger partial charge is 0.379 e. The molecular weight excluding hydrogens is 412 g/mol. The number of aromatic nitrogens is 2. The highest BCUT2D eigenvalue weighted by Crippen LogP contribution is 2.29. The summed E-state index contributed by atoms with van der Waals surface area (Å²) in [5.74, 6) is 0. The van der Waals surface area contributed by atoms with Crippen LogP contribution in [0.4, 0.5) is 5.69 Å². The SMILES string of the molecule is CN(c1ccc2nc(-c3ccc(Cl)cc3)c(CN3CCOCC3)n2c1)S(C)(=O)=O. The lowest BCUT2D eigenvalue weighted by Crippen LogP contribution is -2.36. The van der Waals surface area contributed by atoms with Gasteiger partial charge in [0.2, 0.25) is 10.0 Å². The summed E-state index contributed by atoms with van der Waals surface area (Å²) >= 11 is 6.06. The highest BCUT2D eigenvalue weighted by Gasteiger charge is 2.20. The van der Waals surface area contributed by atoms with Crippen molar-refractivity contribution < 1.29 is 13.2 Å². The molecule has 4 rings (SSSR count). The lowest BCUT2D eigenvalue weighted by atomic mass is 10.1. The Morgan fingerprint density at radius 3 is 2.48 bits per heavy atom. The minimum absolute atomic E-state index is 0.586. The number of hydrogen-bond acceptors (Lipinski definition) is 5. The monoisotopic (exact) mass is 434 g/mol. The van der Waals surface area contributed by atoms with E-state index in [0.29, 0.717) is 30.5 Å². The van der Waals surface area contributed by atoms with Gasteiger partial charge in [0, 0.05) is 43.5 Å². The number of halogens is 1. The molecular formula is C20H23ClN4O3S. The molecule has 0 radical (unpaired) electrons. The topological polar surface area (TPSA) is 67.2 Å². The summed E-state index contributed by atoms with van der Waals surface area (Å²) in [4.78, 5) is 7.15. The van der Waals surface area contributed by atoms with Crippen molar-refractivity contribution >= 4 is 33.0 Å². The van der Waals surface area contributed by atoms with Crippen molar-refractivity contribution in [1.29, 1.82) is 0 Å². The molecule has 3 heterocycles. The van der Waals surface area contributed by atoms with Crippen molar-refractivity contribution in [2.45, 2.75) is 6.54 Å². The van der Waals surface area contributed by atoms with Crippen LogP contribution in [0.15, 0.2) is 42.6 Å². The van der Waals surface area contributed by atoms with Crippen LogP contribution >= 0.6 is 11.6 Å². The van der Waals surface area contributed by atoms with Gasteiger partial charge in [0.25, 0.3) is 0 Å². The molecule has 1 aliphatic heterocycles. The lowest BCUT2D eigenvalue weighted by molar-refractivity contribution is 0.0336. The van der Waals surface area contributed by atoms with E-state index < -0.39 is 10.0 Å². The number of rotatable bonds is 5. The Morgan fingerprint density at radius 1 is 1.14 bits per heavy atom. The zero-order chi connectivity index (χ0) is 20.6. The summed E-state index contributed by atoms with van der Waals surface area (Å²) in [5.41, 5.74) is 4.20. The average molecular weight is 435 g/mol. The number of pyridine rings is 1. The molecule has 1 saturated heterocycles. The van der Waals surface area contributed by atoms with Crippen LogP contribution in [0, 0.1) is 0 Å². The van der Waals surface area contributed by atoms with Crippen molar-refractivity contribution in [3.05, 3.63) is 53.3 Å². The summed E-state index contributed by atoms with van der Waals surface area (Å²) in [7, 11) is -1.81. The number of anilines is 1. The van der Waals surface area contributed by atoms with Gasteiger partial charge in [0.05, 0.1) is 36.5 Å². The first-order valence-corrected chi connectivity index (χ1v) is 11.6. The normalized spacial score (nSPS) is 15.7. The van der Waals surface area contributed by atoms with Crippen molar-refractivity contribution in [2.75, 3.05) is 43.9 Å². The van der Waals surface area contributed by atoms with Gasteiger partial charge in [-0.1, -0.05) is 23.7 Å². The number of fused-ring (bicyclic) bond motifs is 1. The standard InChI is InChI=1S/C20H23ClN4O3S/c1-23(29(2,26)27)17-7-8-19-22-20(15-3-5-16(21)6-4-15)18(25(19)13-17)14-24-9-11-28-12-10-24/h3-8,13H,9-12,14H2,1-2H3. The molecule has 0 aliphatic carbocycles. The van der Waals surface area contributed by atoms with Gasteiger partial charge in [0.1, 0.15) is 5.65 Å². The van der Waals surface area contributed by atoms with E-state index >= 15 is 0 Å². The fraction of sp³-hybridized carbons (Fsp3) is 0.350. The van der Waals surface area contributed by atoms with Crippen LogP contribution in [-0.2, 0) is 21.3 Å². The Bertz CT molecular complexity index is 1120. The van der Waals surface area contributed by atoms with Gasteiger partial charge >= 0.3 is 0 Å². The summed E-state index contributed by atoms with van der Waals surface area (Å²) in [6.45, 7) is 3.78. The zero-order valence-corrected chi connectivity index (χ0v) is 17.9. The third-order valence-corrected chi connectivity index (χ3v) is 6.62. The predicted molar refractivity (Wildman–Crippen MR) is 115 cm³/mol. The van der Waals surface area contributed by atoms with Gasteiger partial charge in [0.15, 0.2) is 0 Å². The van der Waals surface area contributed by atoms with Crippen LogP contribution in [-0.4, -0.2) is 62.3 Å². The molecule has 154 valence electrons. The maximum Gasteiger partial charge on any atom is 0.232 e. The molecule has 9 heteroatoms. The van der Waals surface area contributed by atoms with Crippen molar-refractivity contribution in [3.63, 3.8) is 0 Å². The number of ether oxygens (including phenoxy) is 1. The van der Waals surface area contributed by atoms with Crippen molar-refractivity contribution in [2.24, 2.45) is 0 Å². The third-order valence-electron chi connectivity index (χ3n) is 5.16. The van der Waals surface area contributed by atoms with Gasteiger partial charge < -0.3 is 4.74 Å². The summed E-state index contributed by atoms with van der Waals surface area (Å²) in [5, 5.41) is 0.671. The molecule has 3 aromatic rings. The van der Waals surface area contributed by atoms with Crippen LogP contribution in [0.3, 0.4) is 0 Å². The van der Waals surface area contributed by atoms with Crippen LogP contribution in [0.5, 0.6) is 0 Å². The molecule has 0 amide bonds. The van der Waals surface area contributed by atoms with Crippen LogP contribution < -0.4 is 4.31 Å². The molecule has 0 unspecified atom stereocenters. The van der Waals surface area contributed by atoms with E-state index in [-0.39, 0.29) is 0 Å². The third kappa shape index (κ3) is 4.25. The second-order valence-electron chi connectivity index (χ2n) is 7.15. The van der Waals surface area contributed by atoms with E-state index in [1.54, 1.807) is 13.1 Å². The van der Waals surface area contributed by atoms with E-state index in [1.165, 1.54) is 10.6 Å². The average Bonchev–Trinajstić information content (AvgIpc) is 3.06. The van der Waals surface area contributed by atoms with E-state index in [4.69, 9.17) is 21.3 Å². The number of sulfonamides is 1. The van der Waals surface area contributed by atoms with Crippen LogP contribution in [0.25, 0.3) is 16.9 Å². The van der Waals surface area contributed by atoms with Gasteiger partial charge in [-0.05, 0) is 24.3 Å². The summed E-state index contributed by atoms with van der Waals surface area (Å²) < 4.78 is 32.7. The highest BCUT2D eigenvalue weighted by molar-refractivity contribution is 7.92. The number of nitrogens with zero attached hydrogens (tertiary/aromatic N) is 4. The Morgan fingerprint density at radius 2 is 1.83 bits per heavy atom. The van der Waals surface area contributed by atoms with E-state index in [0.717, 1.165) is 35.7 Å². The van der Waals surface area contributed by atoms with Crippen molar-refractivity contribution in [1.82, 2.24) is 14.3 Å². The fourth-order valence-corrected chi connectivity index (χ4v) is 4.04. The quantitative estimate of drug-likeness (QED) is 0.617. The molecule has 1 aliphatic rings. The Kier molecular flexibility index (Phi) is 5.52. The lowest BCUT2D eigenvalue weighted by Gasteiger charge is -2.26. The Hall–Kier alpha value is -2.13. The van der Waals surface area contributed by atoms with Crippen LogP contribution in [0.2, 0.25) is 5.02 Å². The molecule has 0 bridgehead atoms. The minimum Gasteiger partial charge on any atom is -0.379 e. The fourth-order valence-electron chi connectivity index (χ4n) is 3.42. The molecule has 0 saturated carbocycles. The number of hydrogen-bond donors (Lipinski definition) is 0. The van der Waals surface area contributed by atoms with E-state index in [1.807, 2.05) is 40.9 Å². The van der Waals surface area contributed by atoms with E-state index in [2.05, 4.69) is 4.90 Å². The first-order chi connectivity index (χ1) is 13.8. The highest BCUT2D eigenvalue weighted by atomic mass is 35.5. The maximum atomic E-state index is 12.0. The predicted octanol–water partition coefficient (Wildman–Crippen LogP) is 2.88. The second kappa shape index (κ2) is 7.95. The Balaban J connectivity index is 1.84. The minimum atomic E-state index is -3.36. The van der Waals surface area contributed by atoms with E-state index in [9.17, 15) is 8.42 Å². The zero-order valence-electron chi connectivity index (χ0n) is 16.4. The maximum absolute atomic E-state index is 12.0. The summed E-state index contributed by atoms with van der Waals surface area (Å²) in [6.07, 6.45) is 3.03. The first-order valence-electron chi connectivity index (χ1n) is 9.34. The Labute approximate surface area is 175 Å². The van der Waals surface area contributed by atoms with Gasteiger partial charge in [-0.2, -0.15) is 0 Å². The molecule has 7 nitrogen and oxygen atoms in total. The molecule has 1 fully saturated rings. The number of benzene rings is 1. The second-order valence-corrected chi connectivity index (χ2v) is 9.60. The molecule has 1 aromatic carbocycles. The molecule has 29 heavy (non-hydrogen) atoms. The van der Waals surface area contributed by atoms with Crippen LogP contribution in [0.1, 0.15) is 5.69 Å². The van der Waals surface area contributed by atoms with Gasteiger partial charge in [-0.25, -0.2) is 13.4 Å². The van der Waals surface area contributed by atoms with Gasteiger partial charge in [-0.15, -0.1) is 0 Å². The van der Waals surface area contributed by atoms with Crippen molar-refractivity contribution in [3.8, 4) is 11.3 Å². The molecule has 0 atom stereocenters. The number of imidazole rings is 1. The number of morpholine rings is 1. The summed E-state index contributed by atoms with van der Waals surface area (Å²) in [6, 6.07) is 11.2. The molecule has 0 N–H and O–H groups in total. The smallest absolute Gasteiger partial charge is 0.232 e.